The van der Waals surface area contributed by atoms with E-state index in [4.69, 9.17) is 24.1 Å². The molecule has 0 radical (unpaired) electrons. The Balaban J connectivity index is 2.27. The van der Waals surface area contributed by atoms with Crippen molar-refractivity contribution in [1.29, 1.82) is 0 Å². The number of hydrogen-bond donors (Lipinski definition) is 2. The fourth-order valence-corrected chi connectivity index (χ4v) is 3.30. The Labute approximate surface area is 221 Å². The van der Waals surface area contributed by atoms with Crippen LogP contribution in [-0.2, 0) is 19.0 Å². The van der Waals surface area contributed by atoms with E-state index in [-0.39, 0.29) is 36.8 Å². The highest BCUT2D eigenvalue weighted by Crippen LogP contribution is 2.27. The first kappa shape index (κ1) is 30.3. The van der Waals surface area contributed by atoms with E-state index in [1.807, 2.05) is 5.32 Å². The minimum absolute atomic E-state index is 0.0740. The standard InChI is InChI=1S/C25H36N4O9/c1-15(14-36-19(30)16-10-8-9-11-16)13-35-18-12-17(26-20(27-18)28-21(31)32)29(22(33)37-24(2,3)4)23(34)38-25(5,6)7/h12,16H,1,8-11,13-14H2,2-7H3,(H,31,32)(H,26,27,28). The van der Waals surface area contributed by atoms with Gasteiger partial charge in [-0.2, -0.15) is 14.9 Å². The van der Waals surface area contributed by atoms with Crippen LogP contribution in [0.25, 0.3) is 0 Å². The number of nitrogens with one attached hydrogen (secondary N) is 1. The number of imide groups is 1. The first-order valence-corrected chi connectivity index (χ1v) is 12.2. The Kier molecular flexibility index (Phi) is 10.0. The number of carbonyl (C=O) groups excluding carboxylic acids is 3. The summed E-state index contributed by atoms with van der Waals surface area (Å²) < 4.78 is 21.6. The molecule has 1 fully saturated rings. The molecule has 0 atom stereocenters. The van der Waals surface area contributed by atoms with Crippen molar-refractivity contribution in [3.8, 4) is 5.88 Å². The highest BCUT2D eigenvalue weighted by Gasteiger charge is 2.34. The fourth-order valence-electron chi connectivity index (χ4n) is 3.30. The molecule has 38 heavy (non-hydrogen) atoms. The predicted molar refractivity (Wildman–Crippen MR) is 136 cm³/mol. The Morgan fingerprint density at radius 2 is 1.55 bits per heavy atom. The van der Waals surface area contributed by atoms with Crippen molar-refractivity contribution in [2.45, 2.75) is 78.4 Å². The quantitative estimate of drug-likeness (QED) is 0.263. The number of rotatable bonds is 8. The Morgan fingerprint density at radius 3 is 2.05 bits per heavy atom. The second kappa shape index (κ2) is 12.6. The number of aromatic nitrogens is 2. The molecule has 1 aliphatic rings. The van der Waals surface area contributed by atoms with Crippen molar-refractivity contribution in [3.63, 3.8) is 0 Å². The van der Waals surface area contributed by atoms with Gasteiger partial charge in [0.25, 0.3) is 0 Å². The smallest absolute Gasteiger partial charge is 0.425 e. The van der Waals surface area contributed by atoms with Gasteiger partial charge >= 0.3 is 24.2 Å². The van der Waals surface area contributed by atoms with Gasteiger partial charge in [-0.05, 0) is 60.0 Å². The molecule has 2 N–H and O–H groups in total. The normalized spacial score (nSPS) is 13.8. The number of esters is 1. The molecule has 0 spiro atoms. The van der Waals surface area contributed by atoms with Gasteiger partial charge in [0.05, 0.1) is 5.92 Å². The van der Waals surface area contributed by atoms with Crippen LogP contribution in [0.4, 0.5) is 26.1 Å². The van der Waals surface area contributed by atoms with E-state index in [0.29, 0.717) is 10.5 Å². The molecular weight excluding hydrogens is 500 g/mol. The molecule has 1 aromatic rings. The molecule has 13 nitrogen and oxygen atoms in total. The first-order valence-electron chi connectivity index (χ1n) is 12.2. The molecule has 1 aliphatic carbocycles. The SMILES string of the molecule is C=C(COC(=O)C1CCCC1)COc1cc(N(C(=O)OC(C)(C)C)C(=O)OC(C)(C)C)nc(NC(=O)O)n1. The molecule has 13 heteroatoms. The summed E-state index contributed by atoms with van der Waals surface area (Å²) in [6.45, 7) is 13.2. The average molecular weight is 537 g/mol. The zero-order valence-electron chi connectivity index (χ0n) is 22.7. The van der Waals surface area contributed by atoms with E-state index in [1.54, 1.807) is 41.5 Å². The van der Waals surface area contributed by atoms with Crippen molar-refractivity contribution in [2.75, 3.05) is 23.4 Å². The van der Waals surface area contributed by atoms with E-state index < -0.39 is 35.4 Å². The maximum atomic E-state index is 13.0. The number of amides is 3. The maximum absolute atomic E-state index is 13.0. The molecule has 0 unspecified atom stereocenters. The predicted octanol–water partition coefficient (Wildman–Crippen LogP) is 4.91. The van der Waals surface area contributed by atoms with Gasteiger partial charge in [0, 0.05) is 6.07 Å². The molecule has 0 saturated heterocycles. The maximum Gasteiger partial charge on any atom is 0.425 e. The average Bonchev–Trinajstić information content (AvgIpc) is 3.28. The van der Waals surface area contributed by atoms with Crippen LogP contribution >= 0.6 is 0 Å². The summed E-state index contributed by atoms with van der Waals surface area (Å²) >= 11 is 0. The lowest BCUT2D eigenvalue weighted by Crippen LogP contribution is -2.44. The summed E-state index contributed by atoms with van der Waals surface area (Å²) in [4.78, 5) is 57.7. The zero-order chi connectivity index (χ0) is 28.7. The van der Waals surface area contributed by atoms with Crippen molar-refractivity contribution >= 4 is 36.0 Å². The molecule has 1 heterocycles. The van der Waals surface area contributed by atoms with E-state index in [2.05, 4.69) is 16.5 Å². The Bertz CT molecular complexity index is 1030. The van der Waals surface area contributed by atoms with E-state index in [0.717, 1.165) is 31.7 Å². The highest BCUT2D eigenvalue weighted by molar-refractivity contribution is 6.09. The summed E-state index contributed by atoms with van der Waals surface area (Å²) in [6.07, 6.45) is -0.112. The van der Waals surface area contributed by atoms with Gasteiger partial charge in [0.2, 0.25) is 11.8 Å². The van der Waals surface area contributed by atoms with E-state index >= 15 is 0 Å². The van der Waals surface area contributed by atoms with Crippen LogP contribution in [0.15, 0.2) is 18.2 Å². The number of anilines is 2. The molecule has 3 amide bonds. The Hall–Kier alpha value is -3.90. The van der Waals surface area contributed by atoms with Crippen LogP contribution in [0, 0.1) is 5.92 Å². The van der Waals surface area contributed by atoms with Crippen molar-refractivity contribution in [2.24, 2.45) is 5.92 Å². The number of hydrogen-bond acceptors (Lipinski definition) is 10. The number of carbonyl (C=O) groups is 4. The molecule has 1 saturated carbocycles. The molecule has 0 bridgehead atoms. The van der Waals surface area contributed by atoms with Crippen LogP contribution in [0.2, 0.25) is 0 Å². The summed E-state index contributed by atoms with van der Waals surface area (Å²) in [7, 11) is 0. The largest absolute Gasteiger partial charge is 0.473 e. The fraction of sp³-hybridized carbons (Fsp3) is 0.600. The minimum Gasteiger partial charge on any atom is -0.473 e. The van der Waals surface area contributed by atoms with Gasteiger partial charge in [-0.1, -0.05) is 19.4 Å². The number of ether oxygens (including phenoxy) is 4. The summed E-state index contributed by atoms with van der Waals surface area (Å²) in [5.74, 6) is -1.42. The monoisotopic (exact) mass is 536 g/mol. The van der Waals surface area contributed by atoms with Crippen LogP contribution < -0.4 is 15.0 Å². The third-order valence-electron chi connectivity index (χ3n) is 4.82. The van der Waals surface area contributed by atoms with Gasteiger partial charge in [-0.3, -0.25) is 10.1 Å². The van der Waals surface area contributed by atoms with Gasteiger partial charge in [-0.15, -0.1) is 0 Å². The van der Waals surface area contributed by atoms with E-state index in [1.165, 1.54) is 0 Å². The summed E-state index contributed by atoms with van der Waals surface area (Å²) in [6, 6.07) is 1.14. The van der Waals surface area contributed by atoms with Crippen LogP contribution in [0.5, 0.6) is 5.88 Å². The summed E-state index contributed by atoms with van der Waals surface area (Å²) in [5.41, 5.74) is -1.54. The van der Waals surface area contributed by atoms with Gasteiger partial charge < -0.3 is 24.1 Å². The van der Waals surface area contributed by atoms with E-state index in [9.17, 15) is 19.2 Å². The molecule has 210 valence electrons. The van der Waals surface area contributed by atoms with Gasteiger partial charge in [0.15, 0.2) is 5.82 Å². The molecule has 1 aromatic heterocycles. The van der Waals surface area contributed by atoms with Crippen molar-refractivity contribution in [1.82, 2.24) is 9.97 Å². The van der Waals surface area contributed by atoms with Gasteiger partial charge in [0.1, 0.15) is 24.4 Å². The lowest BCUT2D eigenvalue weighted by molar-refractivity contribution is -0.147. The zero-order valence-corrected chi connectivity index (χ0v) is 22.7. The van der Waals surface area contributed by atoms with Crippen molar-refractivity contribution in [3.05, 3.63) is 18.2 Å². The second-order valence-electron chi connectivity index (χ2n) is 10.7. The topological polar surface area (TPSA) is 166 Å². The molecule has 2 rings (SSSR count). The first-order chi connectivity index (χ1) is 17.5. The molecule has 0 aliphatic heterocycles. The van der Waals surface area contributed by atoms with Crippen LogP contribution in [0.3, 0.4) is 0 Å². The third kappa shape index (κ3) is 10.2. The third-order valence-corrected chi connectivity index (χ3v) is 4.82. The number of carboxylic acid groups (broad SMARTS) is 1. The Morgan fingerprint density at radius 1 is 1.00 bits per heavy atom. The van der Waals surface area contributed by atoms with Gasteiger partial charge in [-0.25, -0.2) is 14.4 Å². The molecular formula is C25H36N4O9. The van der Waals surface area contributed by atoms with Crippen molar-refractivity contribution < 1.29 is 43.2 Å². The van der Waals surface area contributed by atoms with Crippen LogP contribution in [-0.4, -0.2) is 63.7 Å². The second-order valence-corrected chi connectivity index (χ2v) is 10.7. The van der Waals surface area contributed by atoms with Crippen LogP contribution in [0.1, 0.15) is 67.2 Å². The highest BCUT2D eigenvalue weighted by atomic mass is 16.6. The lowest BCUT2D eigenvalue weighted by Gasteiger charge is -2.28. The number of nitrogens with zero attached hydrogens (tertiary/aromatic N) is 3. The minimum atomic E-state index is -1.49. The molecule has 0 aromatic carbocycles. The lowest BCUT2D eigenvalue weighted by atomic mass is 10.1. The summed E-state index contributed by atoms with van der Waals surface area (Å²) in [5, 5.41) is 11.1.